The van der Waals surface area contributed by atoms with Crippen molar-refractivity contribution >= 4 is 33.4 Å². The lowest BCUT2D eigenvalue weighted by molar-refractivity contribution is -0.119. The Labute approximate surface area is 115 Å². The number of amides is 1. The summed E-state index contributed by atoms with van der Waals surface area (Å²) in [6.45, 7) is -0.0616. The fourth-order valence-corrected chi connectivity index (χ4v) is 2.16. The summed E-state index contributed by atoms with van der Waals surface area (Å²) in [6, 6.07) is 15.6. The van der Waals surface area contributed by atoms with E-state index in [-0.39, 0.29) is 12.5 Å². The number of hydrogen-bond donors (Lipinski definition) is 3. The number of hydrazine groups is 1. The molecule has 1 aromatic heterocycles. The Balaban J connectivity index is 2.20. The quantitative estimate of drug-likeness (QED) is 0.499. The van der Waals surface area contributed by atoms with Gasteiger partial charge < -0.3 is 5.73 Å². The number of hydrogen-bond acceptors (Lipinski definition) is 4. The van der Waals surface area contributed by atoms with Crippen LogP contribution in [0.25, 0.3) is 21.8 Å². The fraction of sp³-hybridized carbons (Fsp3) is 0.0667. The van der Waals surface area contributed by atoms with E-state index < -0.39 is 0 Å². The Kier molecular flexibility index (Phi) is 3.18. The molecule has 0 aliphatic carbocycles. The molecule has 4 N–H and O–H groups in total. The lowest BCUT2D eigenvalue weighted by Gasteiger charge is -2.13. The third-order valence-corrected chi connectivity index (χ3v) is 3.10. The van der Waals surface area contributed by atoms with E-state index in [9.17, 15) is 4.79 Å². The first-order chi connectivity index (χ1) is 9.79. The number of benzene rings is 2. The number of nitrogens with two attached hydrogens (primary N) is 1. The molecule has 0 bridgehead atoms. The Morgan fingerprint density at radius 3 is 2.10 bits per heavy atom. The predicted octanol–water partition coefficient (Wildman–Crippen LogP) is 1.79. The number of carbonyl (C=O) groups excluding carboxylic acids is 1. The monoisotopic (exact) mass is 266 g/mol. The maximum absolute atomic E-state index is 11.3. The summed E-state index contributed by atoms with van der Waals surface area (Å²) in [7, 11) is 0. The minimum Gasteiger partial charge on any atom is -0.322 e. The number of nitrogens with zero attached hydrogens (tertiary/aromatic N) is 1. The van der Waals surface area contributed by atoms with Gasteiger partial charge in [-0.25, -0.2) is 4.98 Å². The van der Waals surface area contributed by atoms with Crippen molar-refractivity contribution in [2.45, 2.75) is 0 Å². The maximum atomic E-state index is 11.3. The van der Waals surface area contributed by atoms with Gasteiger partial charge in [0, 0.05) is 10.8 Å². The van der Waals surface area contributed by atoms with Crippen LogP contribution in [-0.4, -0.2) is 17.4 Å². The molecule has 5 nitrogen and oxygen atoms in total. The highest BCUT2D eigenvalue weighted by Gasteiger charge is 2.08. The molecular weight excluding hydrogens is 252 g/mol. The van der Waals surface area contributed by atoms with Crippen LogP contribution in [-0.2, 0) is 4.79 Å². The van der Waals surface area contributed by atoms with Crippen molar-refractivity contribution in [1.82, 2.24) is 10.4 Å². The smallest absolute Gasteiger partial charge is 0.252 e. The number of nitrogens with one attached hydrogen (secondary N) is 2. The van der Waals surface area contributed by atoms with Crippen LogP contribution >= 0.6 is 0 Å². The number of para-hydroxylation sites is 2. The lowest BCUT2D eigenvalue weighted by Crippen LogP contribution is -2.34. The van der Waals surface area contributed by atoms with Crippen LogP contribution in [0.5, 0.6) is 0 Å². The van der Waals surface area contributed by atoms with Crippen molar-refractivity contribution in [3.8, 4) is 0 Å². The van der Waals surface area contributed by atoms with E-state index in [2.05, 4.69) is 15.8 Å². The second-order valence-electron chi connectivity index (χ2n) is 4.40. The van der Waals surface area contributed by atoms with Crippen molar-refractivity contribution in [3.63, 3.8) is 0 Å². The first kappa shape index (κ1) is 12.4. The van der Waals surface area contributed by atoms with E-state index >= 15 is 0 Å². The van der Waals surface area contributed by atoms with E-state index in [0.717, 1.165) is 27.5 Å². The molecule has 100 valence electrons. The molecule has 3 aromatic rings. The van der Waals surface area contributed by atoms with Gasteiger partial charge in [0.05, 0.1) is 23.3 Å². The van der Waals surface area contributed by atoms with E-state index in [4.69, 9.17) is 5.73 Å². The average molecular weight is 266 g/mol. The summed E-state index contributed by atoms with van der Waals surface area (Å²) >= 11 is 0. The minimum atomic E-state index is -0.269. The number of fused-ring (bicyclic) bond motifs is 2. The van der Waals surface area contributed by atoms with Gasteiger partial charge in [0.1, 0.15) is 0 Å². The van der Waals surface area contributed by atoms with Gasteiger partial charge >= 0.3 is 0 Å². The maximum Gasteiger partial charge on any atom is 0.252 e. The number of aromatic nitrogens is 1. The topological polar surface area (TPSA) is 80.0 Å². The molecule has 0 atom stereocenters. The van der Waals surface area contributed by atoms with Crippen molar-refractivity contribution in [1.29, 1.82) is 0 Å². The van der Waals surface area contributed by atoms with Crippen LogP contribution in [0, 0.1) is 0 Å². The summed E-state index contributed by atoms with van der Waals surface area (Å²) in [4.78, 5) is 16.0. The zero-order chi connectivity index (χ0) is 13.9. The summed E-state index contributed by atoms with van der Waals surface area (Å²) in [5, 5.41) is 1.90. The molecular formula is C15H14N4O. The van der Waals surface area contributed by atoms with Crippen molar-refractivity contribution < 1.29 is 4.79 Å². The van der Waals surface area contributed by atoms with Gasteiger partial charge in [-0.05, 0) is 12.1 Å². The molecule has 20 heavy (non-hydrogen) atoms. The highest BCUT2D eigenvalue weighted by molar-refractivity contribution is 6.07. The predicted molar refractivity (Wildman–Crippen MR) is 80.1 cm³/mol. The van der Waals surface area contributed by atoms with Crippen LogP contribution in [0.4, 0.5) is 5.69 Å². The zero-order valence-electron chi connectivity index (χ0n) is 10.8. The Hall–Kier alpha value is -2.66. The number of anilines is 1. The van der Waals surface area contributed by atoms with Crippen LogP contribution in [0.15, 0.2) is 48.5 Å². The molecule has 1 heterocycles. The van der Waals surface area contributed by atoms with E-state index in [1.807, 2.05) is 48.5 Å². The van der Waals surface area contributed by atoms with Gasteiger partial charge in [0.15, 0.2) is 0 Å². The number of rotatable bonds is 3. The Morgan fingerprint density at radius 1 is 1.00 bits per heavy atom. The molecule has 0 aliphatic heterocycles. The molecule has 0 fully saturated rings. The van der Waals surface area contributed by atoms with E-state index in [0.29, 0.717) is 0 Å². The largest absolute Gasteiger partial charge is 0.322 e. The minimum absolute atomic E-state index is 0.0616. The summed E-state index contributed by atoms with van der Waals surface area (Å²) < 4.78 is 0. The van der Waals surface area contributed by atoms with Gasteiger partial charge in [0.25, 0.3) is 5.91 Å². The van der Waals surface area contributed by atoms with Crippen molar-refractivity contribution in [2.24, 2.45) is 5.73 Å². The first-order valence-corrected chi connectivity index (χ1v) is 6.32. The Bertz CT molecular complexity index is 731. The van der Waals surface area contributed by atoms with Crippen LogP contribution in [0.1, 0.15) is 0 Å². The highest BCUT2D eigenvalue weighted by atomic mass is 16.2. The third-order valence-electron chi connectivity index (χ3n) is 3.10. The first-order valence-electron chi connectivity index (χ1n) is 6.32. The van der Waals surface area contributed by atoms with E-state index in [1.165, 1.54) is 0 Å². The lowest BCUT2D eigenvalue weighted by atomic mass is 10.1. The highest BCUT2D eigenvalue weighted by Crippen LogP contribution is 2.29. The number of pyridine rings is 1. The average Bonchev–Trinajstić information content (AvgIpc) is 2.51. The van der Waals surface area contributed by atoms with Crippen LogP contribution in [0.3, 0.4) is 0 Å². The molecule has 0 saturated carbocycles. The van der Waals surface area contributed by atoms with Crippen molar-refractivity contribution in [3.05, 3.63) is 48.5 Å². The fourth-order valence-electron chi connectivity index (χ4n) is 2.16. The molecule has 0 unspecified atom stereocenters. The molecule has 0 spiro atoms. The molecule has 0 saturated heterocycles. The van der Waals surface area contributed by atoms with Gasteiger partial charge in [0.2, 0.25) is 0 Å². The standard InChI is InChI=1S/C15H14N4O/c16-9-14(20)18-19-15-10-5-1-3-7-12(10)17-13-8-4-2-6-11(13)15/h1-8H,9,16H2,(H,17,19)(H,18,20). The molecule has 0 radical (unpaired) electrons. The molecule has 0 aliphatic rings. The SMILES string of the molecule is NCC(=O)NNc1c2ccccc2nc2ccccc12. The second kappa shape index (κ2) is 5.14. The third kappa shape index (κ3) is 2.15. The van der Waals surface area contributed by atoms with Gasteiger partial charge in [-0.3, -0.25) is 15.6 Å². The summed E-state index contributed by atoms with van der Waals surface area (Å²) in [5.74, 6) is -0.269. The summed E-state index contributed by atoms with van der Waals surface area (Å²) in [6.07, 6.45) is 0. The molecule has 1 amide bonds. The zero-order valence-corrected chi connectivity index (χ0v) is 10.8. The normalized spacial score (nSPS) is 10.7. The Morgan fingerprint density at radius 2 is 1.55 bits per heavy atom. The molecule has 2 aromatic carbocycles. The molecule has 3 rings (SSSR count). The van der Waals surface area contributed by atoms with Gasteiger partial charge in [-0.1, -0.05) is 36.4 Å². The number of carbonyl (C=O) groups is 1. The van der Waals surface area contributed by atoms with Crippen LogP contribution < -0.4 is 16.6 Å². The molecule has 5 heteroatoms. The summed E-state index contributed by atoms with van der Waals surface area (Å²) in [5.41, 5.74) is 13.4. The second-order valence-corrected chi connectivity index (χ2v) is 4.40. The van der Waals surface area contributed by atoms with Gasteiger partial charge in [-0.15, -0.1) is 0 Å². The van der Waals surface area contributed by atoms with Gasteiger partial charge in [-0.2, -0.15) is 0 Å². The van der Waals surface area contributed by atoms with Crippen LogP contribution in [0.2, 0.25) is 0 Å². The van der Waals surface area contributed by atoms with Crippen molar-refractivity contribution in [2.75, 3.05) is 12.0 Å². The van der Waals surface area contributed by atoms with E-state index in [1.54, 1.807) is 0 Å².